The third kappa shape index (κ3) is 2.59. The smallest absolute Gasteiger partial charge is 0.262 e. The Labute approximate surface area is 126 Å². The normalized spacial score (nSPS) is 27.1. The second kappa shape index (κ2) is 5.63. The second-order valence-corrected chi connectivity index (χ2v) is 7.44. The minimum Gasteiger partial charge on any atom is -0.336 e. The monoisotopic (exact) mass is 320 g/mol. The van der Waals surface area contributed by atoms with Gasteiger partial charge in [0.2, 0.25) is 0 Å². The summed E-state index contributed by atoms with van der Waals surface area (Å²) in [7, 11) is -3.42. The summed E-state index contributed by atoms with van der Waals surface area (Å²) in [5, 5.41) is 3.52. The predicted molar refractivity (Wildman–Crippen MR) is 78.4 cm³/mol. The Morgan fingerprint density at radius 2 is 2.25 bits per heavy atom. The fourth-order valence-electron chi connectivity index (χ4n) is 3.02. The molecule has 3 heterocycles. The number of aryl methyl sites for hydroxylation is 1. The highest BCUT2D eigenvalue weighted by Gasteiger charge is 2.44. The first-order valence-corrected chi connectivity index (χ1v) is 8.22. The van der Waals surface area contributed by atoms with Crippen LogP contribution in [0, 0.1) is 5.41 Å². The predicted octanol–water partition coefficient (Wildman–Crippen LogP) is 0.699. The van der Waals surface area contributed by atoms with Gasteiger partial charge in [-0.3, -0.25) is 0 Å². The van der Waals surface area contributed by atoms with Crippen LogP contribution in [0.3, 0.4) is 0 Å². The summed E-state index contributed by atoms with van der Waals surface area (Å²) in [5.74, 6) is 0. The van der Waals surface area contributed by atoms with Crippen molar-refractivity contribution >= 4 is 22.4 Å². The van der Waals surface area contributed by atoms with Crippen molar-refractivity contribution in [2.45, 2.75) is 31.3 Å². The van der Waals surface area contributed by atoms with Crippen LogP contribution in [0.15, 0.2) is 17.6 Å². The van der Waals surface area contributed by atoms with Crippen LogP contribution in [0.2, 0.25) is 0 Å². The summed E-state index contributed by atoms with van der Waals surface area (Å²) in [4.78, 5) is 4.04. The maximum atomic E-state index is 12.5. The van der Waals surface area contributed by atoms with Crippen LogP contribution in [0.25, 0.3) is 0 Å². The lowest BCUT2D eigenvalue weighted by Gasteiger charge is -2.22. The molecule has 0 bridgehead atoms. The van der Waals surface area contributed by atoms with Crippen LogP contribution in [-0.2, 0) is 16.6 Å². The lowest BCUT2D eigenvalue weighted by Crippen LogP contribution is -2.33. The highest BCUT2D eigenvalue weighted by molar-refractivity contribution is 7.89. The Hall–Kier alpha value is -0.630. The molecular formula is C12H21ClN4O2S. The number of nitrogens with zero attached hydrogens (tertiary/aromatic N) is 3. The molecule has 1 atom stereocenters. The van der Waals surface area contributed by atoms with Gasteiger partial charge in [-0.05, 0) is 31.7 Å². The van der Waals surface area contributed by atoms with Gasteiger partial charge in [-0.1, -0.05) is 0 Å². The number of sulfonamides is 1. The summed E-state index contributed by atoms with van der Waals surface area (Å²) in [6.45, 7) is 5.87. The number of aromatic nitrogens is 2. The molecule has 0 amide bonds. The summed E-state index contributed by atoms with van der Waals surface area (Å²) in [6.07, 6.45) is 5.22. The number of hydrogen-bond acceptors (Lipinski definition) is 4. The van der Waals surface area contributed by atoms with Gasteiger partial charge in [0.1, 0.15) is 0 Å². The average molecular weight is 321 g/mol. The highest BCUT2D eigenvalue weighted by atomic mass is 35.5. The SMILES string of the molecule is CCn1cnc(S(=O)(=O)N2CCC3(CCNC3)C2)c1.Cl. The molecular weight excluding hydrogens is 300 g/mol. The lowest BCUT2D eigenvalue weighted by atomic mass is 9.87. The van der Waals surface area contributed by atoms with Crippen molar-refractivity contribution in [2.75, 3.05) is 26.2 Å². The Bertz CT molecular complexity index is 566. The van der Waals surface area contributed by atoms with Crippen molar-refractivity contribution < 1.29 is 8.42 Å². The van der Waals surface area contributed by atoms with E-state index in [2.05, 4.69) is 10.3 Å². The van der Waals surface area contributed by atoms with E-state index in [0.29, 0.717) is 13.1 Å². The third-order valence-electron chi connectivity index (χ3n) is 4.31. The minimum absolute atomic E-state index is 0. The first kappa shape index (κ1) is 15.8. The molecule has 1 N–H and O–H groups in total. The Morgan fingerprint density at radius 3 is 2.85 bits per heavy atom. The fraction of sp³-hybridized carbons (Fsp3) is 0.750. The first-order chi connectivity index (χ1) is 9.06. The molecule has 8 heteroatoms. The van der Waals surface area contributed by atoms with Crippen molar-refractivity contribution in [1.29, 1.82) is 0 Å². The van der Waals surface area contributed by atoms with Crippen LogP contribution in [-0.4, -0.2) is 48.5 Å². The summed E-state index contributed by atoms with van der Waals surface area (Å²) in [5.41, 5.74) is 0.153. The quantitative estimate of drug-likeness (QED) is 0.890. The van der Waals surface area contributed by atoms with Gasteiger partial charge >= 0.3 is 0 Å². The number of imidazole rings is 1. The zero-order valence-electron chi connectivity index (χ0n) is 11.6. The molecule has 6 nitrogen and oxygen atoms in total. The number of rotatable bonds is 3. The molecule has 2 fully saturated rings. The van der Waals surface area contributed by atoms with Gasteiger partial charge in [0, 0.05) is 32.4 Å². The van der Waals surface area contributed by atoms with Crippen LogP contribution < -0.4 is 5.32 Å². The maximum Gasteiger partial charge on any atom is 0.262 e. The molecule has 0 radical (unpaired) electrons. The Balaban J connectivity index is 0.00000147. The number of halogens is 1. The first-order valence-electron chi connectivity index (χ1n) is 6.78. The van der Waals surface area contributed by atoms with E-state index >= 15 is 0 Å². The largest absolute Gasteiger partial charge is 0.336 e. The zero-order valence-corrected chi connectivity index (χ0v) is 13.2. The molecule has 2 aliphatic heterocycles. The van der Waals surface area contributed by atoms with Crippen molar-refractivity contribution in [1.82, 2.24) is 19.2 Å². The second-order valence-electron chi connectivity index (χ2n) is 5.56. The molecule has 0 aromatic carbocycles. The van der Waals surface area contributed by atoms with Gasteiger partial charge in [-0.2, -0.15) is 4.31 Å². The molecule has 2 saturated heterocycles. The van der Waals surface area contributed by atoms with Gasteiger partial charge in [-0.25, -0.2) is 13.4 Å². The van der Waals surface area contributed by atoms with Gasteiger partial charge in [0.25, 0.3) is 10.0 Å². The summed E-state index contributed by atoms with van der Waals surface area (Å²) < 4.78 is 28.5. The molecule has 0 aliphatic carbocycles. The molecule has 1 aromatic rings. The van der Waals surface area contributed by atoms with Gasteiger partial charge in [0.15, 0.2) is 5.03 Å². The average Bonchev–Trinajstić information content (AvgIpc) is 3.12. The maximum absolute atomic E-state index is 12.5. The molecule has 20 heavy (non-hydrogen) atoms. The standard InChI is InChI=1S/C12H20N4O2S.ClH/c1-2-15-7-11(14-10-15)19(17,18)16-6-4-12(9-16)3-5-13-8-12;/h7,10,13H,2-6,8-9H2,1H3;1H. The number of nitrogens with one attached hydrogen (secondary N) is 1. The lowest BCUT2D eigenvalue weighted by molar-refractivity contribution is 0.337. The number of hydrogen-bond donors (Lipinski definition) is 1. The van der Waals surface area contributed by atoms with E-state index in [1.807, 2.05) is 6.92 Å². The molecule has 1 aromatic heterocycles. The van der Waals surface area contributed by atoms with E-state index in [1.165, 1.54) is 0 Å². The molecule has 2 aliphatic rings. The molecule has 0 saturated carbocycles. The molecule has 1 unspecified atom stereocenters. The molecule has 3 rings (SSSR count). The highest BCUT2D eigenvalue weighted by Crippen LogP contribution is 2.38. The van der Waals surface area contributed by atoms with Crippen LogP contribution >= 0.6 is 12.4 Å². The van der Waals surface area contributed by atoms with Crippen molar-refractivity contribution in [3.05, 3.63) is 12.5 Å². The van der Waals surface area contributed by atoms with E-state index < -0.39 is 10.0 Å². The van der Waals surface area contributed by atoms with E-state index in [4.69, 9.17) is 0 Å². The molecule has 114 valence electrons. The van der Waals surface area contributed by atoms with E-state index in [0.717, 1.165) is 32.5 Å². The van der Waals surface area contributed by atoms with E-state index in [1.54, 1.807) is 21.4 Å². The summed E-state index contributed by atoms with van der Waals surface area (Å²) in [6, 6.07) is 0. The van der Waals surface area contributed by atoms with Gasteiger partial charge in [-0.15, -0.1) is 12.4 Å². The Kier molecular flexibility index (Phi) is 4.44. The van der Waals surface area contributed by atoms with Crippen LogP contribution in [0.1, 0.15) is 19.8 Å². The third-order valence-corrected chi connectivity index (χ3v) is 6.05. The van der Waals surface area contributed by atoms with E-state index in [9.17, 15) is 8.42 Å². The Morgan fingerprint density at radius 1 is 1.45 bits per heavy atom. The van der Waals surface area contributed by atoms with Crippen molar-refractivity contribution in [3.8, 4) is 0 Å². The topological polar surface area (TPSA) is 67.2 Å². The van der Waals surface area contributed by atoms with E-state index in [-0.39, 0.29) is 22.8 Å². The minimum atomic E-state index is -3.42. The van der Waals surface area contributed by atoms with Gasteiger partial charge in [0.05, 0.1) is 6.33 Å². The van der Waals surface area contributed by atoms with Crippen molar-refractivity contribution in [2.24, 2.45) is 5.41 Å². The summed E-state index contributed by atoms with van der Waals surface area (Å²) >= 11 is 0. The van der Waals surface area contributed by atoms with Crippen LogP contribution in [0.4, 0.5) is 0 Å². The van der Waals surface area contributed by atoms with Gasteiger partial charge < -0.3 is 9.88 Å². The zero-order chi connectivity index (χ0) is 13.5. The van der Waals surface area contributed by atoms with Crippen LogP contribution in [0.5, 0.6) is 0 Å². The van der Waals surface area contributed by atoms with Crippen molar-refractivity contribution in [3.63, 3.8) is 0 Å². The fourth-order valence-corrected chi connectivity index (χ4v) is 4.51. The molecule has 1 spiro atoms.